The normalized spacial score (nSPS) is 11.6. The lowest BCUT2D eigenvalue weighted by molar-refractivity contribution is 0.458. The van der Waals surface area contributed by atoms with Gasteiger partial charge in [-0.3, -0.25) is 5.43 Å². The highest BCUT2D eigenvalue weighted by Crippen LogP contribution is 2.24. The Morgan fingerprint density at radius 2 is 1.48 bits per heavy atom. The van der Waals surface area contributed by atoms with Crippen molar-refractivity contribution in [1.29, 1.82) is 0 Å². The summed E-state index contributed by atoms with van der Waals surface area (Å²) < 4.78 is 53.0. The molecule has 0 atom stereocenters. The highest BCUT2D eigenvalue weighted by Gasteiger charge is 2.18. The van der Waals surface area contributed by atoms with Gasteiger partial charge in [-0.1, -0.05) is 29.8 Å². The van der Waals surface area contributed by atoms with Gasteiger partial charge in [0.2, 0.25) is 0 Å². The molecule has 6 heteroatoms. The molecule has 0 unspecified atom stereocenters. The van der Waals surface area contributed by atoms with E-state index >= 15 is 0 Å². The Kier molecular flexibility index (Phi) is 4.26. The highest BCUT2D eigenvalue weighted by molar-refractivity contribution is 5.99. The summed E-state index contributed by atoms with van der Waals surface area (Å²) in [7, 11) is 0. The van der Waals surface area contributed by atoms with Crippen LogP contribution in [0.15, 0.2) is 35.4 Å². The van der Waals surface area contributed by atoms with Crippen LogP contribution >= 0.6 is 0 Å². The second kappa shape index (κ2) is 5.95. The summed E-state index contributed by atoms with van der Waals surface area (Å²) in [6.45, 7) is 3.51. The number of rotatable bonds is 3. The average molecular weight is 296 g/mol. The molecule has 0 aliphatic carbocycles. The van der Waals surface area contributed by atoms with Crippen molar-refractivity contribution in [1.82, 2.24) is 0 Å². The monoisotopic (exact) mass is 296 g/mol. The van der Waals surface area contributed by atoms with Crippen molar-refractivity contribution in [3.63, 3.8) is 0 Å². The zero-order valence-electron chi connectivity index (χ0n) is 11.3. The molecule has 0 saturated carbocycles. The summed E-state index contributed by atoms with van der Waals surface area (Å²) in [5.41, 5.74) is 3.25. The van der Waals surface area contributed by atoms with Crippen LogP contribution in [0.4, 0.5) is 23.2 Å². The molecule has 0 amide bonds. The van der Waals surface area contributed by atoms with Gasteiger partial charge in [-0.25, -0.2) is 17.6 Å². The van der Waals surface area contributed by atoms with E-state index in [0.29, 0.717) is 11.3 Å². The van der Waals surface area contributed by atoms with Gasteiger partial charge in [-0.05, 0) is 19.4 Å². The Hall–Kier alpha value is -2.37. The van der Waals surface area contributed by atoms with Gasteiger partial charge in [0, 0.05) is 6.07 Å². The van der Waals surface area contributed by atoms with Crippen molar-refractivity contribution < 1.29 is 17.6 Å². The summed E-state index contributed by atoms with van der Waals surface area (Å²) >= 11 is 0. The lowest BCUT2D eigenvalue weighted by Crippen LogP contribution is -2.05. The van der Waals surface area contributed by atoms with E-state index < -0.39 is 29.0 Å². The molecule has 110 valence electrons. The van der Waals surface area contributed by atoms with E-state index in [2.05, 4.69) is 5.10 Å². The Labute approximate surface area is 119 Å². The number of hydrogen-bond acceptors (Lipinski definition) is 2. The number of aryl methyl sites for hydroxylation is 1. The van der Waals surface area contributed by atoms with Gasteiger partial charge < -0.3 is 0 Å². The summed E-state index contributed by atoms with van der Waals surface area (Å²) in [6, 6.07) is 7.38. The van der Waals surface area contributed by atoms with Crippen LogP contribution in [0.5, 0.6) is 0 Å². The molecule has 0 aromatic heterocycles. The second-order valence-corrected chi connectivity index (χ2v) is 4.52. The third-order valence-corrected chi connectivity index (χ3v) is 2.92. The third kappa shape index (κ3) is 3.21. The van der Waals surface area contributed by atoms with E-state index in [9.17, 15) is 17.6 Å². The van der Waals surface area contributed by atoms with Crippen LogP contribution in [0.1, 0.15) is 18.1 Å². The van der Waals surface area contributed by atoms with Crippen molar-refractivity contribution in [2.75, 3.05) is 5.43 Å². The van der Waals surface area contributed by atoms with Crippen LogP contribution in [0.2, 0.25) is 0 Å². The van der Waals surface area contributed by atoms with Crippen LogP contribution in [0.3, 0.4) is 0 Å². The van der Waals surface area contributed by atoms with Crippen molar-refractivity contribution in [2.45, 2.75) is 13.8 Å². The first-order chi connectivity index (χ1) is 9.90. The van der Waals surface area contributed by atoms with Crippen LogP contribution in [0, 0.1) is 30.2 Å². The first-order valence-corrected chi connectivity index (χ1v) is 6.10. The highest BCUT2D eigenvalue weighted by atomic mass is 19.2. The molecule has 2 rings (SSSR count). The Morgan fingerprint density at radius 1 is 0.952 bits per heavy atom. The van der Waals surface area contributed by atoms with Gasteiger partial charge in [0.1, 0.15) is 5.69 Å². The Morgan fingerprint density at radius 3 is 2.00 bits per heavy atom. The lowest BCUT2D eigenvalue weighted by atomic mass is 10.1. The summed E-state index contributed by atoms with van der Waals surface area (Å²) in [6.07, 6.45) is 0. The molecular formula is C15H12F4N2. The molecule has 0 radical (unpaired) electrons. The summed E-state index contributed by atoms with van der Waals surface area (Å²) in [5, 5.41) is 3.75. The topological polar surface area (TPSA) is 24.4 Å². The first-order valence-electron chi connectivity index (χ1n) is 6.10. The molecule has 2 nitrogen and oxygen atoms in total. The van der Waals surface area contributed by atoms with E-state index in [1.54, 1.807) is 19.1 Å². The molecule has 1 N–H and O–H groups in total. The van der Waals surface area contributed by atoms with Crippen molar-refractivity contribution in [2.24, 2.45) is 5.10 Å². The maximum atomic E-state index is 13.4. The van der Waals surface area contributed by atoms with Gasteiger partial charge >= 0.3 is 0 Å². The fourth-order valence-corrected chi connectivity index (χ4v) is 1.67. The molecule has 0 saturated heterocycles. The minimum Gasteiger partial charge on any atom is -0.272 e. The maximum Gasteiger partial charge on any atom is 0.186 e. The molecule has 2 aromatic rings. The van der Waals surface area contributed by atoms with Crippen LogP contribution in [0.25, 0.3) is 0 Å². The molecule has 0 aliphatic heterocycles. The largest absolute Gasteiger partial charge is 0.272 e. The minimum absolute atomic E-state index is 0.145. The molecule has 21 heavy (non-hydrogen) atoms. The molecule has 0 spiro atoms. The van der Waals surface area contributed by atoms with Gasteiger partial charge in [0.15, 0.2) is 23.3 Å². The second-order valence-electron chi connectivity index (χ2n) is 4.52. The zero-order valence-corrected chi connectivity index (χ0v) is 11.3. The van der Waals surface area contributed by atoms with Crippen LogP contribution < -0.4 is 5.43 Å². The quantitative estimate of drug-likeness (QED) is 0.386. The number of nitrogens with one attached hydrogen (secondary N) is 1. The Balaban J connectivity index is 2.31. The van der Waals surface area contributed by atoms with Gasteiger partial charge in [-0.2, -0.15) is 5.10 Å². The maximum absolute atomic E-state index is 13.4. The van der Waals surface area contributed by atoms with Gasteiger partial charge in [0.05, 0.1) is 5.71 Å². The number of hydrazone groups is 1. The number of halogens is 4. The number of nitrogens with zero attached hydrogens (tertiary/aromatic N) is 1. The predicted octanol–water partition coefficient (Wildman–Crippen LogP) is 4.39. The van der Waals surface area contributed by atoms with Gasteiger partial charge in [-0.15, -0.1) is 0 Å². The smallest absolute Gasteiger partial charge is 0.186 e. The molecule has 0 fully saturated rings. The van der Waals surface area contributed by atoms with E-state index in [1.807, 2.05) is 24.5 Å². The SMILES string of the molecule is C/C(=N\Nc1c(F)c(F)cc(F)c1F)c1ccc(C)cc1. The molecular weight excluding hydrogens is 284 g/mol. The number of benzene rings is 2. The zero-order chi connectivity index (χ0) is 15.6. The van der Waals surface area contributed by atoms with Gasteiger partial charge in [0.25, 0.3) is 0 Å². The van der Waals surface area contributed by atoms with E-state index in [1.165, 1.54) is 0 Å². The average Bonchev–Trinajstić information content (AvgIpc) is 2.45. The molecule has 0 aliphatic rings. The van der Waals surface area contributed by atoms with E-state index in [4.69, 9.17) is 0 Å². The minimum atomic E-state index is -1.52. The predicted molar refractivity (Wildman–Crippen MR) is 73.3 cm³/mol. The van der Waals surface area contributed by atoms with E-state index in [0.717, 1.165) is 5.56 Å². The third-order valence-electron chi connectivity index (χ3n) is 2.92. The van der Waals surface area contributed by atoms with Crippen molar-refractivity contribution in [3.8, 4) is 0 Å². The van der Waals surface area contributed by atoms with Crippen LogP contribution in [-0.4, -0.2) is 5.71 Å². The Bertz CT molecular complexity index is 668. The molecule has 2 aromatic carbocycles. The van der Waals surface area contributed by atoms with Crippen molar-refractivity contribution >= 4 is 11.4 Å². The standard InChI is InChI=1S/C15H12F4N2/c1-8-3-5-10(6-4-8)9(2)20-21-15-13(18)11(16)7-12(17)14(15)19/h3-7,21H,1-2H3/b20-9+. The van der Waals surface area contributed by atoms with Crippen molar-refractivity contribution in [3.05, 3.63) is 64.7 Å². The lowest BCUT2D eigenvalue weighted by Gasteiger charge is -2.07. The number of hydrogen-bond donors (Lipinski definition) is 1. The summed E-state index contributed by atoms with van der Waals surface area (Å²) in [4.78, 5) is 0. The van der Waals surface area contributed by atoms with Crippen LogP contribution in [-0.2, 0) is 0 Å². The fourth-order valence-electron chi connectivity index (χ4n) is 1.67. The molecule has 0 heterocycles. The fraction of sp³-hybridized carbons (Fsp3) is 0.133. The first kappa shape index (κ1) is 15.0. The molecule has 0 bridgehead atoms. The summed E-state index contributed by atoms with van der Waals surface area (Å²) in [5.74, 6) is -6.01. The van der Waals surface area contributed by atoms with E-state index in [-0.39, 0.29) is 6.07 Å². The number of anilines is 1.